The summed E-state index contributed by atoms with van der Waals surface area (Å²) < 4.78 is 52.7. The molecule has 1 aliphatic rings. The van der Waals surface area contributed by atoms with Crippen LogP contribution in [0.1, 0.15) is 18.8 Å². The lowest BCUT2D eigenvalue weighted by molar-refractivity contribution is -0.0754. The van der Waals surface area contributed by atoms with Gasteiger partial charge < -0.3 is 35.2 Å². The van der Waals surface area contributed by atoms with Crippen LogP contribution in [0.5, 0.6) is 0 Å². The van der Waals surface area contributed by atoms with Gasteiger partial charge in [-0.15, -0.1) is 0 Å². The van der Waals surface area contributed by atoms with Gasteiger partial charge in [-0.05, 0) is 31.5 Å². The van der Waals surface area contributed by atoms with E-state index >= 15 is 0 Å². The molecule has 0 bridgehead atoms. The molecule has 2 heterocycles. The first kappa shape index (κ1) is 29.4. The lowest BCUT2D eigenvalue weighted by atomic mass is 9.97. The van der Waals surface area contributed by atoms with Gasteiger partial charge in [-0.3, -0.25) is 9.09 Å². The molecule has 0 amide bonds. The number of aryl methyl sites for hydroxylation is 1. The molecule has 21 heteroatoms. The van der Waals surface area contributed by atoms with E-state index in [-0.39, 0.29) is 11.5 Å². The highest BCUT2D eigenvalue weighted by molar-refractivity contribution is 7.66. The minimum absolute atomic E-state index is 0.126. The van der Waals surface area contributed by atoms with E-state index in [0.29, 0.717) is 0 Å². The highest BCUT2D eigenvalue weighted by atomic mass is 35.5. The van der Waals surface area contributed by atoms with E-state index in [2.05, 4.69) is 24.0 Å². The van der Waals surface area contributed by atoms with E-state index in [1.165, 1.54) is 13.0 Å². The fraction of sp³-hybridized carbons (Fsp3) is 0.538. The molecule has 16 nitrogen and oxygen atoms in total. The van der Waals surface area contributed by atoms with E-state index in [4.69, 9.17) is 43.5 Å². The molecule has 0 aliphatic carbocycles. The van der Waals surface area contributed by atoms with Crippen molar-refractivity contribution in [2.45, 2.75) is 43.3 Å². The molecule has 0 spiro atoms. The Labute approximate surface area is 201 Å². The van der Waals surface area contributed by atoms with Crippen molar-refractivity contribution in [2.75, 3.05) is 5.73 Å². The van der Waals surface area contributed by atoms with Crippen LogP contribution >= 0.6 is 46.7 Å². The van der Waals surface area contributed by atoms with Crippen molar-refractivity contribution < 1.29 is 56.3 Å². The fourth-order valence-corrected chi connectivity index (χ4v) is 6.74. The quantitative estimate of drug-likeness (QED) is 0.136. The molecule has 3 unspecified atom stereocenters. The van der Waals surface area contributed by atoms with E-state index in [0.717, 1.165) is 11.5 Å². The van der Waals surface area contributed by atoms with E-state index in [9.17, 15) is 33.4 Å². The maximum absolute atomic E-state index is 12.4. The van der Waals surface area contributed by atoms with Crippen LogP contribution in [0.25, 0.3) is 0 Å². The van der Waals surface area contributed by atoms with Crippen molar-refractivity contribution in [3.63, 3.8) is 0 Å². The van der Waals surface area contributed by atoms with Gasteiger partial charge in [-0.25, -0.2) is 18.5 Å². The van der Waals surface area contributed by atoms with Crippen LogP contribution in [0.4, 0.5) is 5.82 Å². The summed E-state index contributed by atoms with van der Waals surface area (Å²) >= 11 is 11.9. The zero-order chi connectivity index (χ0) is 26.3. The monoisotopic (exact) mass is 587 g/mol. The maximum Gasteiger partial charge on any atom is 0.490 e. The van der Waals surface area contributed by atoms with Gasteiger partial charge in [0.2, 0.25) is 0 Å². The van der Waals surface area contributed by atoms with Gasteiger partial charge in [0.25, 0.3) is 0 Å². The Balaban J connectivity index is 2.37. The van der Waals surface area contributed by atoms with Gasteiger partial charge in [0.05, 0.1) is 6.10 Å². The minimum atomic E-state index is -5.79. The zero-order valence-electron chi connectivity index (χ0n) is 17.0. The Morgan fingerprint density at radius 3 is 2.35 bits per heavy atom. The van der Waals surface area contributed by atoms with Crippen LogP contribution in [-0.2, 0) is 31.6 Å². The number of ether oxygens (including phenoxy) is 1. The summed E-state index contributed by atoms with van der Waals surface area (Å²) in [5.41, 5.74) is 4.75. The molecule has 0 aromatic carbocycles. The molecular weight excluding hydrogens is 570 g/mol. The van der Waals surface area contributed by atoms with Crippen molar-refractivity contribution >= 4 is 52.5 Å². The van der Waals surface area contributed by atoms with E-state index < -0.39 is 58.6 Å². The van der Waals surface area contributed by atoms with Crippen molar-refractivity contribution in [1.82, 2.24) is 9.55 Å². The average molecular weight is 588 g/mol. The highest BCUT2D eigenvalue weighted by Crippen LogP contribution is 2.66. The van der Waals surface area contributed by atoms with Gasteiger partial charge in [0, 0.05) is 11.1 Å². The van der Waals surface area contributed by atoms with Crippen LogP contribution in [0.3, 0.4) is 0 Å². The van der Waals surface area contributed by atoms with Gasteiger partial charge >= 0.3 is 29.2 Å². The first-order valence-corrected chi connectivity index (χ1v) is 13.9. The van der Waals surface area contributed by atoms with E-state index in [1.807, 2.05) is 5.38 Å². The van der Waals surface area contributed by atoms with Crippen molar-refractivity contribution in [1.29, 1.82) is 0 Å². The summed E-state index contributed by atoms with van der Waals surface area (Å²) in [6.45, 7) is 2.47. The van der Waals surface area contributed by atoms with Gasteiger partial charge in [-0.1, -0.05) is 17.5 Å². The predicted molar refractivity (Wildman–Crippen MR) is 114 cm³/mol. The Kier molecular flexibility index (Phi) is 8.86. The van der Waals surface area contributed by atoms with Crippen LogP contribution in [0, 0.1) is 18.2 Å². The Bertz CT molecular complexity index is 1210. The van der Waals surface area contributed by atoms with Crippen LogP contribution < -0.4 is 11.4 Å². The summed E-state index contributed by atoms with van der Waals surface area (Å²) in [5, 5.41) is 12.7. The van der Waals surface area contributed by atoms with Crippen LogP contribution in [0.2, 0.25) is 0 Å². The predicted octanol–water partition coefficient (Wildman–Crippen LogP) is 0.301. The number of alkyl halides is 1. The molecule has 2 rings (SSSR count). The molecule has 34 heavy (non-hydrogen) atoms. The summed E-state index contributed by atoms with van der Waals surface area (Å²) in [6.07, 6.45) is -6.78. The molecule has 1 aromatic rings. The molecule has 7 N–H and O–H groups in total. The number of halogens is 2. The number of rotatable bonds is 8. The number of aliphatic hydroxyl groups is 1. The summed E-state index contributed by atoms with van der Waals surface area (Å²) in [4.78, 5) is 50.0. The molecule has 7 atom stereocenters. The average Bonchev–Trinajstić information content (AvgIpc) is 2.83. The van der Waals surface area contributed by atoms with Crippen molar-refractivity contribution in [3.05, 3.63) is 22.2 Å². The second-order valence-electron chi connectivity index (χ2n) is 6.76. The first-order valence-electron chi connectivity index (χ1n) is 8.65. The fourth-order valence-electron chi connectivity index (χ4n) is 3.02. The number of hydrogen-bond donors (Lipinski definition) is 6. The molecule has 0 radical (unpaired) electrons. The molecular formula is C13H18Cl2N3O13P3. The number of hydrogen-bond acceptors (Lipinski definition) is 11. The second-order valence-corrected chi connectivity index (χ2v) is 11.9. The minimum Gasteiger partial charge on any atom is -0.387 e. The number of nitrogens with two attached hydrogens (primary N) is 1. The number of anilines is 1. The molecule has 0 saturated carbocycles. The van der Waals surface area contributed by atoms with Crippen molar-refractivity contribution in [2.24, 2.45) is 0 Å². The van der Waals surface area contributed by atoms with Gasteiger partial charge in [-0.2, -0.15) is 13.6 Å². The Morgan fingerprint density at radius 2 is 1.85 bits per heavy atom. The first-order chi connectivity index (χ1) is 15.3. The lowest BCUT2D eigenvalue weighted by Gasteiger charge is -2.27. The number of nitrogens with zero attached hydrogens (tertiary/aromatic N) is 2. The van der Waals surface area contributed by atoms with Gasteiger partial charge in [0.1, 0.15) is 18.0 Å². The molecule has 1 aliphatic heterocycles. The number of phosphoric ester groups is 1. The molecule has 1 saturated heterocycles. The number of aliphatic hydroxyl groups excluding tert-OH is 1. The SMILES string of the molecule is Cc1cc(N)nc(=O)n1[C@@H]1O[C@H]([C@@H](C)OP(=O)(O)OP(=O)(O)OP(=O)(O)O)[C@H](O)C1(Cl)C#CCl. The number of aromatic nitrogens is 2. The lowest BCUT2D eigenvalue weighted by Crippen LogP contribution is -2.45. The van der Waals surface area contributed by atoms with Crippen molar-refractivity contribution in [3.8, 4) is 11.3 Å². The topological polar surface area (TPSA) is 250 Å². The number of nitrogen functional groups attached to an aromatic ring is 1. The van der Waals surface area contributed by atoms with Crippen LogP contribution in [-0.4, -0.2) is 57.4 Å². The van der Waals surface area contributed by atoms with E-state index in [1.54, 1.807) is 0 Å². The second kappa shape index (κ2) is 10.3. The zero-order valence-corrected chi connectivity index (χ0v) is 21.2. The highest BCUT2D eigenvalue weighted by Gasteiger charge is 2.59. The molecule has 1 fully saturated rings. The third-order valence-electron chi connectivity index (χ3n) is 4.21. The standard InChI is InChI=1S/C13H18Cl2N3O13P3/c1-6-5-8(16)17-12(20)18(6)11-13(15,3-4-14)10(19)9(28-11)7(2)29-33(24,25)31-34(26,27)30-32(21,22)23/h5,7,9-11,19H,1-2H3,(H,24,25)(H,26,27)(H2,16,17,20)(H2,21,22,23)/t7-,9-,10+,11-,13?/m1/s1. The summed E-state index contributed by atoms with van der Waals surface area (Å²) in [5.74, 6) is 2.15. The van der Waals surface area contributed by atoms with Gasteiger partial charge in [0.15, 0.2) is 11.1 Å². The van der Waals surface area contributed by atoms with Crippen LogP contribution in [0.15, 0.2) is 10.9 Å². The third-order valence-corrected chi connectivity index (χ3v) is 8.73. The normalized spacial score (nSPS) is 29.5. The number of phosphoric acid groups is 3. The summed E-state index contributed by atoms with van der Waals surface area (Å²) in [7, 11) is -17.0. The Morgan fingerprint density at radius 1 is 1.26 bits per heavy atom. The summed E-state index contributed by atoms with van der Waals surface area (Å²) in [6, 6.07) is 1.28. The Hall–Kier alpha value is -0.850. The molecule has 1 aromatic heterocycles. The third kappa shape index (κ3) is 6.88. The molecule has 192 valence electrons. The largest absolute Gasteiger partial charge is 0.490 e. The maximum atomic E-state index is 12.4. The smallest absolute Gasteiger partial charge is 0.387 e.